The van der Waals surface area contributed by atoms with E-state index in [1.165, 1.54) is 11.8 Å². The number of thioether (sulfide) groups is 1. The number of carbonyl (C=O) groups excluding carboxylic acids is 2. The van der Waals surface area contributed by atoms with Gasteiger partial charge in [-0.15, -0.1) is 10.2 Å². The molecule has 2 amide bonds. The zero-order chi connectivity index (χ0) is 19.9. The lowest BCUT2D eigenvalue weighted by Crippen LogP contribution is -2.19. The third-order valence-corrected chi connectivity index (χ3v) is 4.76. The van der Waals surface area contributed by atoms with E-state index >= 15 is 0 Å². The summed E-state index contributed by atoms with van der Waals surface area (Å²) in [5, 5.41) is 13.9. The van der Waals surface area contributed by atoms with Crippen molar-refractivity contribution in [2.45, 2.75) is 5.16 Å². The molecular formula is C19H19N5O3S. The lowest BCUT2D eigenvalue weighted by Gasteiger charge is -2.09. The predicted octanol–water partition coefficient (Wildman–Crippen LogP) is 2.37. The zero-order valence-corrected chi connectivity index (χ0v) is 16.2. The first-order valence-corrected chi connectivity index (χ1v) is 9.38. The van der Waals surface area contributed by atoms with Gasteiger partial charge in [0.25, 0.3) is 5.91 Å². The first kappa shape index (κ1) is 19.4. The van der Waals surface area contributed by atoms with Gasteiger partial charge in [0, 0.05) is 24.4 Å². The molecule has 8 nitrogen and oxygen atoms in total. The molecule has 2 aromatic carbocycles. The number of anilines is 1. The SMILES string of the molecule is CNC(=O)c1cccc(NC(=O)CSc2nncn2-c2cccc(OC)c2)c1. The summed E-state index contributed by atoms with van der Waals surface area (Å²) >= 11 is 1.26. The summed E-state index contributed by atoms with van der Waals surface area (Å²) in [6.07, 6.45) is 1.59. The Kier molecular flexibility index (Phi) is 6.28. The number of rotatable bonds is 7. The Hall–Kier alpha value is -3.33. The third-order valence-electron chi connectivity index (χ3n) is 3.82. The van der Waals surface area contributed by atoms with Crippen molar-refractivity contribution in [1.29, 1.82) is 0 Å². The number of benzene rings is 2. The second kappa shape index (κ2) is 9.05. The van der Waals surface area contributed by atoms with Gasteiger partial charge < -0.3 is 15.4 Å². The quantitative estimate of drug-likeness (QED) is 0.594. The molecule has 0 fully saturated rings. The highest BCUT2D eigenvalue weighted by molar-refractivity contribution is 7.99. The van der Waals surface area contributed by atoms with Gasteiger partial charge in [-0.25, -0.2) is 0 Å². The van der Waals surface area contributed by atoms with Gasteiger partial charge in [-0.05, 0) is 30.3 Å². The summed E-state index contributed by atoms with van der Waals surface area (Å²) in [4.78, 5) is 24.0. The lowest BCUT2D eigenvalue weighted by atomic mass is 10.2. The molecule has 0 saturated carbocycles. The van der Waals surface area contributed by atoms with Gasteiger partial charge in [0.05, 0.1) is 18.6 Å². The molecular weight excluding hydrogens is 378 g/mol. The molecule has 3 aromatic rings. The molecule has 28 heavy (non-hydrogen) atoms. The Balaban J connectivity index is 1.64. The monoisotopic (exact) mass is 397 g/mol. The Morgan fingerprint density at radius 1 is 1.18 bits per heavy atom. The number of aromatic nitrogens is 3. The van der Waals surface area contributed by atoms with E-state index in [2.05, 4.69) is 20.8 Å². The molecule has 0 aliphatic carbocycles. The van der Waals surface area contributed by atoms with E-state index in [0.717, 1.165) is 11.4 Å². The molecule has 1 aromatic heterocycles. The summed E-state index contributed by atoms with van der Waals surface area (Å²) in [5.74, 6) is 0.444. The third kappa shape index (κ3) is 4.68. The molecule has 0 atom stereocenters. The van der Waals surface area contributed by atoms with Crippen molar-refractivity contribution in [2.24, 2.45) is 0 Å². The molecule has 1 heterocycles. The lowest BCUT2D eigenvalue weighted by molar-refractivity contribution is -0.113. The fourth-order valence-corrected chi connectivity index (χ4v) is 3.20. The Morgan fingerprint density at radius 2 is 2.00 bits per heavy atom. The van der Waals surface area contributed by atoms with Gasteiger partial charge in [0.2, 0.25) is 5.91 Å². The van der Waals surface area contributed by atoms with Crippen molar-refractivity contribution in [3.63, 3.8) is 0 Å². The van der Waals surface area contributed by atoms with Crippen LogP contribution < -0.4 is 15.4 Å². The largest absolute Gasteiger partial charge is 0.497 e. The molecule has 0 spiro atoms. The average molecular weight is 397 g/mol. The fraction of sp³-hybridized carbons (Fsp3) is 0.158. The average Bonchev–Trinajstić information content (AvgIpc) is 3.20. The number of nitrogens with zero attached hydrogens (tertiary/aromatic N) is 3. The minimum atomic E-state index is -0.211. The molecule has 0 aliphatic rings. The van der Waals surface area contributed by atoms with Crippen LogP contribution in [0.15, 0.2) is 60.0 Å². The van der Waals surface area contributed by atoms with Crippen molar-refractivity contribution in [3.8, 4) is 11.4 Å². The number of hydrogen-bond acceptors (Lipinski definition) is 6. The van der Waals surface area contributed by atoms with E-state index in [1.54, 1.807) is 49.3 Å². The second-order valence-electron chi connectivity index (χ2n) is 5.68. The zero-order valence-electron chi connectivity index (χ0n) is 15.4. The number of hydrogen-bond donors (Lipinski definition) is 2. The first-order valence-electron chi connectivity index (χ1n) is 8.40. The van der Waals surface area contributed by atoms with Crippen LogP contribution >= 0.6 is 11.8 Å². The van der Waals surface area contributed by atoms with Gasteiger partial charge in [-0.2, -0.15) is 0 Å². The highest BCUT2D eigenvalue weighted by Crippen LogP contribution is 2.22. The van der Waals surface area contributed by atoms with E-state index in [0.29, 0.717) is 16.4 Å². The standard InChI is InChI=1S/C19H19N5O3S/c1-20-18(26)13-5-3-6-14(9-13)22-17(25)11-28-19-23-21-12-24(19)15-7-4-8-16(10-15)27-2/h3-10,12H,11H2,1-2H3,(H,20,26)(H,22,25). The molecule has 2 N–H and O–H groups in total. The predicted molar refractivity (Wildman–Crippen MR) is 107 cm³/mol. The number of methoxy groups -OCH3 is 1. The summed E-state index contributed by atoms with van der Waals surface area (Å²) < 4.78 is 7.02. The number of ether oxygens (including phenoxy) is 1. The van der Waals surface area contributed by atoms with Gasteiger partial charge in [0.1, 0.15) is 12.1 Å². The molecule has 0 bridgehead atoms. The van der Waals surface area contributed by atoms with Gasteiger partial charge in [-0.1, -0.05) is 23.9 Å². The summed E-state index contributed by atoms with van der Waals surface area (Å²) in [7, 11) is 3.16. The highest BCUT2D eigenvalue weighted by Gasteiger charge is 2.12. The van der Waals surface area contributed by atoms with Crippen LogP contribution in [0.25, 0.3) is 5.69 Å². The van der Waals surface area contributed by atoms with E-state index in [4.69, 9.17) is 4.74 Å². The fourth-order valence-electron chi connectivity index (χ4n) is 2.47. The molecule has 3 rings (SSSR count). The van der Waals surface area contributed by atoms with Crippen LogP contribution in [0.4, 0.5) is 5.69 Å². The number of carbonyl (C=O) groups is 2. The van der Waals surface area contributed by atoms with E-state index in [-0.39, 0.29) is 17.6 Å². The minimum absolute atomic E-state index is 0.146. The van der Waals surface area contributed by atoms with Crippen LogP contribution in [-0.4, -0.2) is 46.5 Å². The normalized spacial score (nSPS) is 10.4. The topological polar surface area (TPSA) is 98.1 Å². The number of amides is 2. The summed E-state index contributed by atoms with van der Waals surface area (Å²) in [5.41, 5.74) is 1.87. The molecule has 0 radical (unpaired) electrons. The molecule has 0 aliphatic heterocycles. The molecule has 9 heteroatoms. The van der Waals surface area contributed by atoms with Crippen LogP contribution in [0.1, 0.15) is 10.4 Å². The van der Waals surface area contributed by atoms with Crippen molar-refractivity contribution in [1.82, 2.24) is 20.1 Å². The van der Waals surface area contributed by atoms with Crippen molar-refractivity contribution < 1.29 is 14.3 Å². The van der Waals surface area contributed by atoms with Crippen molar-refractivity contribution in [2.75, 3.05) is 25.2 Å². The number of nitrogens with one attached hydrogen (secondary N) is 2. The Morgan fingerprint density at radius 3 is 2.79 bits per heavy atom. The second-order valence-corrected chi connectivity index (χ2v) is 6.62. The van der Waals surface area contributed by atoms with Gasteiger partial charge in [-0.3, -0.25) is 14.2 Å². The maximum absolute atomic E-state index is 12.3. The summed E-state index contributed by atoms with van der Waals surface area (Å²) in [6, 6.07) is 14.2. The van der Waals surface area contributed by atoms with Gasteiger partial charge >= 0.3 is 0 Å². The molecule has 0 saturated heterocycles. The molecule has 0 unspecified atom stereocenters. The van der Waals surface area contributed by atoms with Crippen LogP contribution in [0.2, 0.25) is 0 Å². The van der Waals surface area contributed by atoms with Gasteiger partial charge in [0.15, 0.2) is 5.16 Å². The van der Waals surface area contributed by atoms with Crippen molar-refractivity contribution in [3.05, 3.63) is 60.4 Å². The van der Waals surface area contributed by atoms with Crippen LogP contribution in [0.5, 0.6) is 5.75 Å². The Labute approximate surface area is 166 Å². The summed E-state index contributed by atoms with van der Waals surface area (Å²) in [6.45, 7) is 0. The van der Waals surface area contributed by atoms with E-state index in [1.807, 2.05) is 24.3 Å². The minimum Gasteiger partial charge on any atom is -0.497 e. The van der Waals surface area contributed by atoms with Crippen LogP contribution in [0, 0.1) is 0 Å². The maximum Gasteiger partial charge on any atom is 0.251 e. The van der Waals surface area contributed by atoms with Crippen molar-refractivity contribution >= 4 is 29.3 Å². The molecule has 144 valence electrons. The van der Waals surface area contributed by atoms with E-state index < -0.39 is 0 Å². The van der Waals surface area contributed by atoms with Crippen LogP contribution in [0.3, 0.4) is 0 Å². The first-order chi connectivity index (χ1) is 13.6. The maximum atomic E-state index is 12.3. The smallest absolute Gasteiger partial charge is 0.251 e. The highest BCUT2D eigenvalue weighted by atomic mass is 32.2. The Bertz CT molecular complexity index is 989. The van der Waals surface area contributed by atoms with Crippen LogP contribution in [-0.2, 0) is 4.79 Å². The van der Waals surface area contributed by atoms with E-state index in [9.17, 15) is 9.59 Å².